The zero-order valence-corrected chi connectivity index (χ0v) is 59.1. The van der Waals surface area contributed by atoms with E-state index in [-0.39, 0.29) is 60.1 Å². The topological polar surface area (TPSA) is 337 Å². The van der Waals surface area contributed by atoms with E-state index in [4.69, 9.17) is 81.8 Å². The Hall–Kier alpha value is -6.82. The number of amidine groups is 2. The summed E-state index contributed by atoms with van der Waals surface area (Å²) in [5, 5.41) is 18.1. The minimum absolute atomic E-state index is 0. The highest BCUT2D eigenvalue weighted by Gasteiger charge is 2.40. The molecule has 6 heterocycles. The van der Waals surface area contributed by atoms with Crippen LogP contribution in [-0.2, 0) is 28.6 Å². The Bertz CT molecular complexity index is 3480. The fourth-order valence-corrected chi connectivity index (χ4v) is 12.9. The molecule has 4 fully saturated rings. The number of aryl methyl sites for hydroxylation is 2. The van der Waals surface area contributed by atoms with E-state index in [1.807, 2.05) is 37.5 Å². The maximum absolute atomic E-state index is 13.0. The van der Waals surface area contributed by atoms with E-state index >= 15 is 0 Å². The summed E-state index contributed by atoms with van der Waals surface area (Å²) in [4.78, 5) is 66.3. The van der Waals surface area contributed by atoms with Gasteiger partial charge in [0.05, 0.1) is 34.9 Å². The molecular formula is C64H90Cl4N16O9S2. The number of hydrogen-bond donors (Lipinski definition) is 5. The number of anilines is 2. The van der Waals surface area contributed by atoms with Gasteiger partial charge in [-0.3, -0.25) is 34.8 Å². The molecule has 2 aromatic heterocycles. The monoisotopic (exact) mass is 1430 g/mol. The van der Waals surface area contributed by atoms with Crippen molar-refractivity contribution in [2.24, 2.45) is 21.5 Å². The highest BCUT2D eigenvalue weighted by atomic mass is 35.7. The summed E-state index contributed by atoms with van der Waals surface area (Å²) < 4.78 is 57.7. The number of nitrogens with zero attached hydrogens (tertiary/aromatic N) is 12. The quantitative estimate of drug-likeness (QED) is 0.0317. The number of piperidine rings is 2. The van der Waals surface area contributed by atoms with Gasteiger partial charge in [0.25, 0.3) is 43.0 Å². The summed E-state index contributed by atoms with van der Waals surface area (Å²) in [5.74, 6) is 1.47. The van der Waals surface area contributed by atoms with E-state index < -0.39 is 19.2 Å². The van der Waals surface area contributed by atoms with Gasteiger partial charge in [0.2, 0.25) is 11.8 Å². The minimum atomic E-state index is -3.67. The van der Waals surface area contributed by atoms with Crippen LogP contribution in [-0.4, -0.2) is 205 Å². The largest absolute Gasteiger partial charge is 0.405 e. The van der Waals surface area contributed by atoms with Gasteiger partial charge < -0.3 is 40.5 Å². The van der Waals surface area contributed by atoms with Crippen LogP contribution in [0.1, 0.15) is 131 Å². The molecule has 31 heteroatoms. The van der Waals surface area contributed by atoms with E-state index in [1.165, 1.54) is 24.3 Å². The maximum Gasteiger partial charge on any atom is 0.288 e. The molecule has 0 radical (unpaired) electrons. The number of piperazine rings is 2. The lowest BCUT2D eigenvalue weighted by Gasteiger charge is -2.50. The van der Waals surface area contributed by atoms with E-state index in [1.54, 1.807) is 60.9 Å². The lowest BCUT2D eigenvalue weighted by Crippen LogP contribution is -2.62. The summed E-state index contributed by atoms with van der Waals surface area (Å²) in [6.07, 6.45) is 9.73. The van der Waals surface area contributed by atoms with Gasteiger partial charge in [0, 0.05) is 139 Å². The number of halogens is 4. The van der Waals surface area contributed by atoms with Gasteiger partial charge >= 0.3 is 0 Å². The summed E-state index contributed by atoms with van der Waals surface area (Å²) >= 11 is 17.5. The third-order valence-electron chi connectivity index (χ3n) is 16.3. The van der Waals surface area contributed by atoms with E-state index in [0.717, 1.165) is 114 Å². The number of nitrogens with two attached hydrogens (primary N) is 2. The molecule has 25 nitrogen and oxygen atoms in total. The van der Waals surface area contributed by atoms with Crippen molar-refractivity contribution in [2.45, 2.75) is 142 Å². The van der Waals surface area contributed by atoms with Crippen LogP contribution in [0.25, 0.3) is 0 Å². The van der Waals surface area contributed by atoms with Crippen molar-refractivity contribution in [1.29, 1.82) is 10.8 Å². The second-order valence-electron chi connectivity index (χ2n) is 23.0. The number of carbonyl (C=O) groups is 2. The predicted molar refractivity (Wildman–Crippen MR) is 378 cm³/mol. The van der Waals surface area contributed by atoms with Crippen LogP contribution >= 0.6 is 45.5 Å². The molecule has 0 saturated carbocycles. The smallest absolute Gasteiger partial charge is 0.288 e. The Balaban J connectivity index is 0.000000276. The number of amides is 2. The average Bonchev–Trinajstić information content (AvgIpc) is 0.799. The number of hydrogen-bond acceptors (Lipinski definition) is 20. The first-order valence-electron chi connectivity index (χ1n) is 31.0. The Morgan fingerprint density at radius 3 is 1.20 bits per heavy atom. The third-order valence-corrected chi connectivity index (χ3v) is 18.4. The molecule has 5 aromatic rings. The highest BCUT2D eigenvalue weighted by molar-refractivity contribution is 8.13. The van der Waals surface area contributed by atoms with Gasteiger partial charge in [0.15, 0.2) is 0 Å². The van der Waals surface area contributed by atoms with Gasteiger partial charge in [-0.25, -0.2) is 38.3 Å². The summed E-state index contributed by atoms with van der Waals surface area (Å²) in [6.45, 7) is 23.9. The van der Waals surface area contributed by atoms with Crippen molar-refractivity contribution < 1.29 is 40.5 Å². The zero-order valence-electron chi connectivity index (χ0n) is 54.4. The second-order valence-corrected chi connectivity index (χ2v) is 28.4. The molecule has 0 spiro atoms. The van der Waals surface area contributed by atoms with Gasteiger partial charge in [0.1, 0.15) is 23.0 Å². The predicted octanol–water partition coefficient (Wildman–Crippen LogP) is 9.83. The van der Waals surface area contributed by atoms with E-state index in [0.29, 0.717) is 81.1 Å². The normalized spacial score (nSPS) is 19.3. The fraction of sp³-hybridized carbons (Fsp3) is 0.500. The molecule has 0 aliphatic carbocycles. The van der Waals surface area contributed by atoms with Crippen LogP contribution in [0.2, 0.25) is 15.1 Å². The van der Waals surface area contributed by atoms with Gasteiger partial charge in [-0.15, -0.1) is 0 Å². The van der Waals surface area contributed by atoms with Crippen molar-refractivity contribution in [1.82, 2.24) is 39.5 Å². The molecule has 95 heavy (non-hydrogen) atoms. The third kappa shape index (κ3) is 23.2. The molecule has 4 aliphatic heterocycles. The summed E-state index contributed by atoms with van der Waals surface area (Å²) in [6, 6.07) is 21.9. The van der Waals surface area contributed by atoms with Crippen molar-refractivity contribution in [2.75, 3.05) is 81.5 Å². The van der Waals surface area contributed by atoms with Crippen molar-refractivity contribution in [3.63, 3.8) is 0 Å². The lowest BCUT2D eigenvalue weighted by molar-refractivity contribution is 0.0430. The number of carbonyl (C=O) groups excluding carboxylic acids is 2. The minimum Gasteiger partial charge on any atom is -0.405 e. The molecule has 0 bridgehead atoms. The molecule has 9 rings (SSSR count). The average molecular weight is 1430 g/mol. The summed E-state index contributed by atoms with van der Waals surface area (Å²) in [5.41, 5.74) is 14.9. The van der Waals surface area contributed by atoms with Gasteiger partial charge in [-0.2, -0.15) is 8.42 Å². The number of benzene rings is 3. The van der Waals surface area contributed by atoms with E-state index in [2.05, 4.69) is 77.2 Å². The van der Waals surface area contributed by atoms with Crippen molar-refractivity contribution >= 4 is 112 Å². The molecule has 4 aliphatic rings. The maximum atomic E-state index is 13.0. The molecular weight excluding hydrogens is 1340 g/mol. The van der Waals surface area contributed by atoms with Crippen molar-refractivity contribution in [3.05, 3.63) is 134 Å². The Kier molecular flexibility index (Phi) is 30.3. The van der Waals surface area contributed by atoms with Crippen LogP contribution in [0, 0.1) is 24.7 Å². The van der Waals surface area contributed by atoms with Gasteiger partial charge in [-0.1, -0.05) is 56.1 Å². The molecule has 2 amide bonds. The first-order valence-corrected chi connectivity index (χ1v) is 36.3. The Morgan fingerprint density at radius 1 is 0.600 bits per heavy atom. The van der Waals surface area contributed by atoms with Crippen LogP contribution in [0.15, 0.2) is 100 Å². The first-order chi connectivity index (χ1) is 44.4. The number of nitrogens with one attached hydrogen (secondary N) is 2. The lowest BCUT2D eigenvalue weighted by atomic mass is 9.96. The second kappa shape index (κ2) is 36.5. The molecule has 4 atom stereocenters. The van der Waals surface area contributed by atoms with Crippen LogP contribution in [0.5, 0.6) is 0 Å². The number of likely N-dealkylation sites (tertiary alicyclic amines) is 2. The van der Waals surface area contributed by atoms with E-state index in [9.17, 15) is 26.4 Å². The standard InChI is InChI=1S/2C28H39ClN8O2.C6H4Cl2O2S.CH4O3S.CH4/c2*1-5-22-17-36(26-19(4)34-24(15-33-26)25(30)39-28(31)32-6-2)18(3)16-37(22)23-11-13-35(14-12-23)27(38)20-7-9-21(29)10-8-20;7-5-1-3-6(4-2-5)11(8,9)10;1-5(2,3)4;/h2*7-10,15,18,22-23,30H,5-6,11-14,16-17H2,1-4H3,(H2,31,32);1-4H;1H3,(H,2,3,4);1H4/t2*18-,22+;;;/m11.../s1. The SMILES string of the molecule is C.CCN=C(N)OC(=N)c1cnc(N2C[C@H](CC)N(C3CCN(C(=O)c4ccc(Cl)cc4)CC3)C[C@H]2C)c(C)n1.CCN=C(N)OC(=N)c1cnc(N2C[C@H](CC)N(C3CCN(C(=O)c4ccc(Cl)cc4)CC3)C[C@H]2C)c(C)n1.CS(=O)(=O)O.O=S(=O)(Cl)c1ccc(Cl)cc1. The molecule has 520 valence electrons. The molecule has 7 N–H and O–H groups in total. The van der Waals surface area contributed by atoms with Crippen LogP contribution in [0.4, 0.5) is 11.6 Å². The Labute approximate surface area is 578 Å². The highest BCUT2D eigenvalue weighted by Crippen LogP contribution is 2.32. The number of aliphatic imine (C=N–C) groups is 2. The number of aromatic nitrogens is 4. The zero-order chi connectivity index (χ0) is 69.2. The fourth-order valence-electron chi connectivity index (χ4n) is 11.7. The molecule has 0 unspecified atom stereocenters. The Morgan fingerprint density at radius 2 is 0.916 bits per heavy atom. The number of ether oxygens (including phenoxy) is 2. The van der Waals surface area contributed by atoms with Gasteiger partial charge in [-0.05, 0) is 153 Å². The van der Waals surface area contributed by atoms with Crippen LogP contribution < -0.4 is 21.3 Å². The van der Waals surface area contributed by atoms with Crippen molar-refractivity contribution in [3.8, 4) is 0 Å². The summed E-state index contributed by atoms with van der Waals surface area (Å²) in [7, 11) is -2.23. The molecule has 3 aromatic carbocycles. The van der Waals surface area contributed by atoms with Crippen LogP contribution in [0.3, 0.4) is 0 Å². The number of rotatable bonds is 13. The first kappa shape index (κ1) is 78.9. The molecule has 4 saturated heterocycles.